The Labute approximate surface area is 118 Å². The summed E-state index contributed by atoms with van der Waals surface area (Å²) in [5.41, 5.74) is 1.38. The van der Waals surface area contributed by atoms with Crippen molar-refractivity contribution in [3.8, 4) is 5.75 Å². The van der Waals surface area contributed by atoms with E-state index >= 15 is 0 Å². The highest BCUT2D eigenvalue weighted by Gasteiger charge is 2.09. The summed E-state index contributed by atoms with van der Waals surface area (Å²) < 4.78 is 0. The molecule has 0 unspecified atom stereocenters. The molecule has 2 rings (SSSR count). The minimum Gasteiger partial charge on any atom is -0.508 e. The summed E-state index contributed by atoms with van der Waals surface area (Å²) in [6.45, 7) is 2.24. The molecule has 0 spiro atoms. The van der Waals surface area contributed by atoms with Crippen LogP contribution in [0.2, 0.25) is 0 Å². The van der Waals surface area contributed by atoms with Gasteiger partial charge in [0, 0.05) is 16.2 Å². The average molecular weight is 274 g/mol. The van der Waals surface area contributed by atoms with Crippen molar-refractivity contribution in [2.75, 3.05) is 7.05 Å². The van der Waals surface area contributed by atoms with Crippen LogP contribution in [0.15, 0.2) is 58.3 Å². The van der Waals surface area contributed by atoms with Gasteiger partial charge in [-0.05, 0) is 42.8 Å². The molecule has 0 heterocycles. The lowest BCUT2D eigenvalue weighted by atomic mass is 10.1. The van der Waals surface area contributed by atoms with Crippen LogP contribution in [0.4, 0.5) is 0 Å². The Balaban J connectivity index is 2.17. The smallest absolute Gasteiger partial charge is 0.115 e. The number of hydrogen-bond acceptors (Lipinski definition) is 2. The van der Waals surface area contributed by atoms with Gasteiger partial charge in [-0.15, -0.1) is 0 Å². The Morgan fingerprint density at radius 3 is 2.47 bits per heavy atom. The fourth-order valence-electron chi connectivity index (χ4n) is 1.88. The van der Waals surface area contributed by atoms with E-state index in [2.05, 4.69) is 43.6 Å². The van der Waals surface area contributed by atoms with Crippen LogP contribution in [0.3, 0.4) is 0 Å². The number of benzene rings is 2. The summed E-state index contributed by atoms with van der Waals surface area (Å²) in [4.78, 5) is 2.44. The first-order valence-corrected chi connectivity index (χ1v) is 7.35. The standard InChI is InChI=1S/C16H19NOS/c1-12(17-2)11-13-5-3-4-6-16(13)19-15-9-7-14(18)8-10-15/h3-10,12,17-18H,11H2,1-2H3/p+1/t12-/m0/s1. The van der Waals surface area contributed by atoms with Gasteiger partial charge in [0.15, 0.2) is 0 Å². The topological polar surface area (TPSA) is 36.8 Å². The lowest BCUT2D eigenvalue weighted by Gasteiger charge is -2.12. The van der Waals surface area contributed by atoms with Crippen LogP contribution in [0, 0.1) is 0 Å². The number of phenols is 1. The van der Waals surface area contributed by atoms with E-state index in [0.717, 1.165) is 11.3 Å². The van der Waals surface area contributed by atoms with Crippen LogP contribution in [-0.2, 0) is 6.42 Å². The van der Waals surface area contributed by atoms with Crippen molar-refractivity contribution < 1.29 is 10.4 Å². The maximum atomic E-state index is 9.31. The van der Waals surface area contributed by atoms with Crippen molar-refractivity contribution in [1.29, 1.82) is 0 Å². The molecule has 0 saturated carbocycles. The molecule has 0 bridgehead atoms. The molecule has 2 nitrogen and oxygen atoms in total. The minimum absolute atomic E-state index is 0.312. The summed E-state index contributed by atoms with van der Waals surface area (Å²) in [6.07, 6.45) is 1.07. The number of quaternary nitrogens is 1. The summed E-state index contributed by atoms with van der Waals surface area (Å²) in [5.74, 6) is 0.312. The predicted molar refractivity (Wildman–Crippen MR) is 79.7 cm³/mol. The highest BCUT2D eigenvalue weighted by atomic mass is 32.2. The normalized spacial score (nSPS) is 12.3. The molecule has 0 fully saturated rings. The van der Waals surface area contributed by atoms with Gasteiger partial charge in [-0.2, -0.15) is 0 Å². The van der Waals surface area contributed by atoms with Gasteiger partial charge in [-0.3, -0.25) is 0 Å². The van der Waals surface area contributed by atoms with Gasteiger partial charge in [-0.25, -0.2) is 0 Å². The largest absolute Gasteiger partial charge is 0.508 e. The molecule has 0 aliphatic carbocycles. The fraction of sp³-hybridized carbons (Fsp3) is 0.250. The monoisotopic (exact) mass is 274 g/mol. The first kappa shape index (κ1) is 14.0. The molecule has 0 amide bonds. The van der Waals surface area contributed by atoms with Crippen LogP contribution in [0.1, 0.15) is 12.5 Å². The Morgan fingerprint density at radius 1 is 1.11 bits per heavy atom. The van der Waals surface area contributed by atoms with Crippen LogP contribution < -0.4 is 5.32 Å². The molecule has 0 saturated heterocycles. The maximum Gasteiger partial charge on any atom is 0.115 e. The molecule has 100 valence electrons. The number of rotatable bonds is 5. The lowest BCUT2D eigenvalue weighted by molar-refractivity contribution is -0.659. The third kappa shape index (κ3) is 4.01. The summed E-state index contributed by atoms with van der Waals surface area (Å²) in [7, 11) is 2.11. The average Bonchev–Trinajstić information content (AvgIpc) is 2.43. The second kappa shape index (κ2) is 6.64. The third-order valence-electron chi connectivity index (χ3n) is 3.15. The SMILES string of the molecule is C[NH2+][C@@H](C)Cc1ccccc1Sc1ccc(O)cc1. The molecule has 19 heavy (non-hydrogen) atoms. The molecular formula is C16H20NOS+. The number of aromatic hydroxyl groups is 1. The van der Waals surface area contributed by atoms with E-state index in [4.69, 9.17) is 0 Å². The predicted octanol–water partition coefficient (Wildman–Crippen LogP) is 2.67. The van der Waals surface area contributed by atoms with Crippen molar-refractivity contribution in [1.82, 2.24) is 0 Å². The molecule has 0 aliphatic rings. The fourth-order valence-corrected chi connectivity index (χ4v) is 2.83. The van der Waals surface area contributed by atoms with Gasteiger partial charge >= 0.3 is 0 Å². The summed E-state index contributed by atoms with van der Waals surface area (Å²) in [5, 5.41) is 11.6. The Kier molecular flexibility index (Phi) is 4.88. The first-order chi connectivity index (χ1) is 9.19. The van der Waals surface area contributed by atoms with Crippen molar-refractivity contribution in [3.05, 3.63) is 54.1 Å². The zero-order valence-corrected chi connectivity index (χ0v) is 12.2. The van der Waals surface area contributed by atoms with Gasteiger partial charge in [0.2, 0.25) is 0 Å². The molecular weight excluding hydrogens is 254 g/mol. The molecule has 3 N–H and O–H groups in total. The van der Waals surface area contributed by atoms with Crippen LogP contribution >= 0.6 is 11.8 Å². The third-order valence-corrected chi connectivity index (χ3v) is 4.27. The van der Waals surface area contributed by atoms with E-state index in [0.29, 0.717) is 11.8 Å². The van der Waals surface area contributed by atoms with Gasteiger partial charge in [0.05, 0.1) is 13.1 Å². The molecule has 0 aliphatic heterocycles. The van der Waals surface area contributed by atoms with E-state index < -0.39 is 0 Å². The number of likely N-dealkylation sites (N-methyl/N-ethyl adjacent to an activating group) is 1. The molecule has 2 aromatic rings. The lowest BCUT2D eigenvalue weighted by Crippen LogP contribution is -2.85. The quantitative estimate of drug-likeness (QED) is 0.879. The van der Waals surface area contributed by atoms with E-state index in [-0.39, 0.29) is 0 Å². The van der Waals surface area contributed by atoms with E-state index in [9.17, 15) is 5.11 Å². The zero-order valence-electron chi connectivity index (χ0n) is 11.3. The second-order valence-electron chi connectivity index (χ2n) is 4.72. The molecule has 2 aromatic carbocycles. The van der Waals surface area contributed by atoms with E-state index in [1.807, 2.05) is 12.1 Å². The van der Waals surface area contributed by atoms with E-state index in [1.165, 1.54) is 10.5 Å². The number of hydrogen-bond donors (Lipinski definition) is 2. The van der Waals surface area contributed by atoms with Gasteiger partial charge in [-0.1, -0.05) is 30.0 Å². The van der Waals surface area contributed by atoms with Crippen molar-refractivity contribution >= 4 is 11.8 Å². The highest BCUT2D eigenvalue weighted by Crippen LogP contribution is 2.31. The van der Waals surface area contributed by atoms with Gasteiger partial charge in [0.1, 0.15) is 5.75 Å². The van der Waals surface area contributed by atoms with Crippen LogP contribution in [-0.4, -0.2) is 18.2 Å². The van der Waals surface area contributed by atoms with E-state index in [1.54, 1.807) is 23.9 Å². The van der Waals surface area contributed by atoms with Crippen molar-refractivity contribution in [2.24, 2.45) is 0 Å². The van der Waals surface area contributed by atoms with Crippen LogP contribution in [0.5, 0.6) is 5.75 Å². The van der Waals surface area contributed by atoms with Gasteiger partial charge in [0.25, 0.3) is 0 Å². The first-order valence-electron chi connectivity index (χ1n) is 6.53. The molecule has 1 atom stereocenters. The zero-order chi connectivity index (χ0) is 13.7. The van der Waals surface area contributed by atoms with Crippen molar-refractivity contribution in [2.45, 2.75) is 29.2 Å². The molecule has 3 heteroatoms. The maximum absolute atomic E-state index is 9.31. The number of nitrogens with two attached hydrogens (primary N) is 1. The van der Waals surface area contributed by atoms with Crippen LogP contribution in [0.25, 0.3) is 0 Å². The Hall–Kier alpha value is -1.45. The van der Waals surface area contributed by atoms with Gasteiger partial charge < -0.3 is 10.4 Å². The molecule has 0 radical (unpaired) electrons. The second-order valence-corrected chi connectivity index (χ2v) is 5.83. The van der Waals surface area contributed by atoms with Crippen molar-refractivity contribution in [3.63, 3.8) is 0 Å². The molecule has 0 aromatic heterocycles. The summed E-state index contributed by atoms with van der Waals surface area (Å²) >= 11 is 1.75. The Bertz CT molecular complexity index is 525. The Morgan fingerprint density at radius 2 is 1.79 bits per heavy atom. The number of phenolic OH excluding ortho intramolecular Hbond substituents is 1. The minimum atomic E-state index is 0.312. The highest BCUT2D eigenvalue weighted by molar-refractivity contribution is 7.99. The summed E-state index contributed by atoms with van der Waals surface area (Å²) in [6, 6.07) is 16.5.